The lowest BCUT2D eigenvalue weighted by atomic mass is 10.0. The number of aryl methyl sites for hydroxylation is 1. The minimum atomic E-state index is -0.371. The van der Waals surface area contributed by atoms with Gasteiger partial charge in [-0.2, -0.15) is 0 Å². The van der Waals surface area contributed by atoms with Crippen LogP contribution in [-0.2, 0) is 14.3 Å². The van der Waals surface area contributed by atoms with Crippen LogP contribution in [0, 0.1) is 6.92 Å². The molecule has 3 rings (SSSR count). The quantitative estimate of drug-likeness (QED) is 0.454. The first-order valence-electron chi connectivity index (χ1n) is 8.15. The van der Waals surface area contributed by atoms with Crippen molar-refractivity contribution in [1.29, 1.82) is 0 Å². The molecule has 0 saturated carbocycles. The van der Waals surface area contributed by atoms with Gasteiger partial charge in [-0.15, -0.1) is 0 Å². The fourth-order valence-electron chi connectivity index (χ4n) is 2.97. The molecule has 25 heavy (non-hydrogen) atoms. The van der Waals surface area contributed by atoms with Gasteiger partial charge >= 0.3 is 0 Å². The van der Waals surface area contributed by atoms with Crippen LogP contribution in [0.15, 0.2) is 23.8 Å². The third-order valence-corrected chi connectivity index (χ3v) is 5.12. The lowest BCUT2D eigenvalue weighted by molar-refractivity contribution is -0.132. The summed E-state index contributed by atoms with van der Waals surface area (Å²) in [5, 5.41) is 0.214. The number of likely N-dealkylation sites (N-methyl/N-ethyl adjacent to an activating group) is 2. The highest BCUT2D eigenvalue weighted by Crippen LogP contribution is 2.24. The van der Waals surface area contributed by atoms with Crippen LogP contribution in [0.5, 0.6) is 0 Å². The van der Waals surface area contributed by atoms with Gasteiger partial charge in [0.2, 0.25) is 0 Å². The predicted molar refractivity (Wildman–Crippen MR) is 100 cm³/mol. The Morgan fingerprint density at radius 1 is 1.08 bits per heavy atom. The summed E-state index contributed by atoms with van der Waals surface area (Å²) in [6.45, 7) is 5.17. The Morgan fingerprint density at radius 2 is 1.68 bits per heavy atom. The SMILES string of the molecule is Cc1cc(N2CCOCC2)ccc1C=C1C(=O)N(C)C(=S)N(C)C1=O. The molecule has 0 radical (unpaired) electrons. The summed E-state index contributed by atoms with van der Waals surface area (Å²) >= 11 is 5.11. The van der Waals surface area contributed by atoms with Crippen molar-refractivity contribution in [3.8, 4) is 0 Å². The van der Waals surface area contributed by atoms with Crippen LogP contribution in [0.25, 0.3) is 6.08 Å². The Hall–Kier alpha value is -2.25. The average Bonchev–Trinajstić information content (AvgIpc) is 2.63. The van der Waals surface area contributed by atoms with Crippen molar-refractivity contribution in [3.63, 3.8) is 0 Å². The molecule has 7 heteroatoms. The standard InChI is InChI=1S/C18H21N3O3S/c1-12-10-14(21-6-8-24-9-7-21)5-4-13(12)11-15-16(22)19(2)18(25)20(3)17(15)23/h4-5,10-11H,6-9H2,1-3H3. The Balaban J connectivity index is 1.91. The molecule has 0 atom stereocenters. The number of rotatable bonds is 2. The molecule has 0 spiro atoms. The van der Waals surface area contributed by atoms with Crippen LogP contribution in [0.4, 0.5) is 5.69 Å². The number of amides is 2. The predicted octanol–water partition coefficient (Wildman–Crippen LogP) is 1.43. The normalized spacial score (nSPS) is 18.9. The van der Waals surface area contributed by atoms with E-state index >= 15 is 0 Å². The average molecular weight is 359 g/mol. The van der Waals surface area contributed by atoms with Gasteiger partial charge < -0.3 is 9.64 Å². The summed E-state index contributed by atoms with van der Waals surface area (Å²) in [4.78, 5) is 29.8. The minimum Gasteiger partial charge on any atom is -0.378 e. The molecular weight excluding hydrogens is 338 g/mol. The molecule has 1 aromatic rings. The van der Waals surface area contributed by atoms with Crippen LogP contribution < -0.4 is 4.90 Å². The number of carbonyl (C=O) groups is 2. The third-order valence-electron chi connectivity index (χ3n) is 4.57. The van der Waals surface area contributed by atoms with Crippen molar-refractivity contribution < 1.29 is 14.3 Å². The highest BCUT2D eigenvalue weighted by molar-refractivity contribution is 7.80. The number of ether oxygens (including phenoxy) is 1. The van der Waals surface area contributed by atoms with Gasteiger partial charge in [0.25, 0.3) is 11.8 Å². The molecule has 0 bridgehead atoms. The van der Waals surface area contributed by atoms with Crippen LogP contribution in [0.2, 0.25) is 0 Å². The third kappa shape index (κ3) is 3.29. The highest BCUT2D eigenvalue weighted by Gasteiger charge is 2.35. The molecule has 1 aromatic carbocycles. The molecule has 6 nitrogen and oxygen atoms in total. The van der Waals surface area contributed by atoms with Crippen LogP contribution in [0.3, 0.4) is 0 Å². The molecule has 0 aromatic heterocycles. The lowest BCUT2D eigenvalue weighted by Crippen LogP contribution is -2.52. The highest BCUT2D eigenvalue weighted by atomic mass is 32.1. The van der Waals surface area contributed by atoms with Gasteiger partial charge in [-0.1, -0.05) is 6.07 Å². The number of benzene rings is 1. The van der Waals surface area contributed by atoms with E-state index in [9.17, 15) is 9.59 Å². The van der Waals surface area contributed by atoms with Crippen molar-refractivity contribution in [2.24, 2.45) is 0 Å². The van der Waals surface area contributed by atoms with E-state index in [1.54, 1.807) is 20.2 Å². The van der Waals surface area contributed by atoms with Crippen LogP contribution >= 0.6 is 12.2 Å². The molecule has 2 fully saturated rings. The first kappa shape index (κ1) is 17.6. The van der Waals surface area contributed by atoms with Gasteiger partial charge in [-0.3, -0.25) is 19.4 Å². The van der Waals surface area contributed by atoms with E-state index in [0.29, 0.717) is 0 Å². The topological polar surface area (TPSA) is 53.1 Å². The molecule has 2 aliphatic rings. The number of thiocarbonyl (C=S) groups is 1. The van der Waals surface area contributed by atoms with Crippen molar-refractivity contribution in [1.82, 2.24) is 9.80 Å². The number of morpholine rings is 1. The van der Waals surface area contributed by atoms with Gasteiger partial charge in [-0.05, 0) is 48.5 Å². The molecule has 0 unspecified atom stereocenters. The van der Waals surface area contributed by atoms with Gasteiger partial charge in [0, 0.05) is 32.9 Å². The molecule has 2 heterocycles. The van der Waals surface area contributed by atoms with Crippen molar-refractivity contribution in [2.45, 2.75) is 6.92 Å². The Labute approximate surface area is 152 Å². The van der Waals surface area contributed by atoms with Crippen LogP contribution in [-0.4, -0.2) is 67.1 Å². The zero-order valence-corrected chi connectivity index (χ0v) is 15.4. The van der Waals surface area contributed by atoms with E-state index in [1.807, 2.05) is 19.1 Å². The monoisotopic (exact) mass is 359 g/mol. The van der Waals surface area contributed by atoms with Crippen molar-refractivity contribution >= 4 is 40.9 Å². The van der Waals surface area contributed by atoms with Crippen molar-refractivity contribution in [2.75, 3.05) is 45.3 Å². The van der Waals surface area contributed by atoms with E-state index in [-0.39, 0.29) is 22.5 Å². The van der Waals surface area contributed by atoms with E-state index < -0.39 is 0 Å². The molecule has 0 N–H and O–H groups in total. The van der Waals surface area contributed by atoms with E-state index in [0.717, 1.165) is 43.1 Å². The van der Waals surface area contributed by atoms with Crippen LogP contribution in [0.1, 0.15) is 11.1 Å². The lowest BCUT2D eigenvalue weighted by Gasteiger charge is -2.32. The van der Waals surface area contributed by atoms with E-state index in [2.05, 4.69) is 11.0 Å². The second-order valence-electron chi connectivity index (χ2n) is 6.21. The maximum absolute atomic E-state index is 12.4. The molecule has 2 saturated heterocycles. The Kier molecular flexibility index (Phi) is 4.87. The first-order valence-corrected chi connectivity index (χ1v) is 8.56. The number of hydrogen-bond donors (Lipinski definition) is 0. The maximum Gasteiger partial charge on any atom is 0.265 e. The second-order valence-corrected chi connectivity index (χ2v) is 6.57. The van der Waals surface area contributed by atoms with Gasteiger partial charge in [-0.25, -0.2) is 0 Å². The number of nitrogens with zero attached hydrogens (tertiary/aromatic N) is 3. The molecule has 2 aliphatic heterocycles. The smallest absolute Gasteiger partial charge is 0.265 e. The number of hydrogen-bond acceptors (Lipinski definition) is 5. The second kappa shape index (κ2) is 6.93. The Morgan fingerprint density at radius 3 is 2.24 bits per heavy atom. The number of anilines is 1. The summed E-state index contributed by atoms with van der Waals surface area (Å²) in [5.41, 5.74) is 3.11. The minimum absolute atomic E-state index is 0.126. The zero-order chi connectivity index (χ0) is 18.1. The largest absolute Gasteiger partial charge is 0.378 e. The maximum atomic E-state index is 12.4. The first-order chi connectivity index (χ1) is 11.9. The van der Waals surface area contributed by atoms with Crippen molar-refractivity contribution in [3.05, 3.63) is 34.9 Å². The van der Waals surface area contributed by atoms with E-state index in [4.69, 9.17) is 17.0 Å². The summed E-state index contributed by atoms with van der Waals surface area (Å²) in [7, 11) is 3.16. The van der Waals surface area contributed by atoms with E-state index in [1.165, 1.54) is 9.80 Å². The fraction of sp³-hybridized carbons (Fsp3) is 0.389. The summed E-state index contributed by atoms with van der Waals surface area (Å²) < 4.78 is 5.38. The molecule has 0 aliphatic carbocycles. The summed E-state index contributed by atoms with van der Waals surface area (Å²) in [5.74, 6) is -0.741. The van der Waals surface area contributed by atoms with Gasteiger partial charge in [0.15, 0.2) is 5.11 Å². The van der Waals surface area contributed by atoms with Gasteiger partial charge in [0.05, 0.1) is 13.2 Å². The van der Waals surface area contributed by atoms with Gasteiger partial charge in [0.1, 0.15) is 5.57 Å². The zero-order valence-electron chi connectivity index (χ0n) is 14.6. The molecule has 132 valence electrons. The Bertz CT molecular complexity index is 743. The summed E-state index contributed by atoms with van der Waals surface area (Å²) in [6.07, 6.45) is 1.65. The molecular formula is C18H21N3O3S. The molecule has 2 amide bonds. The number of carbonyl (C=O) groups excluding carboxylic acids is 2. The fourth-order valence-corrected chi connectivity index (χ4v) is 3.14. The summed E-state index contributed by atoms with van der Waals surface area (Å²) in [6, 6.07) is 6.04.